The molecular formula is C27H36ClF3N2O5S. The third-order valence-corrected chi connectivity index (χ3v) is 7.99. The number of carbonyl (C=O) groups is 2. The van der Waals surface area contributed by atoms with E-state index >= 15 is 0 Å². The van der Waals surface area contributed by atoms with E-state index in [9.17, 15) is 31.2 Å². The fraction of sp³-hybridized carbons (Fsp3) is 0.481. The Morgan fingerprint density at radius 2 is 1.77 bits per heavy atom. The van der Waals surface area contributed by atoms with Crippen molar-refractivity contribution in [1.29, 1.82) is 0 Å². The van der Waals surface area contributed by atoms with E-state index in [0.29, 0.717) is 35.8 Å². The van der Waals surface area contributed by atoms with Crippen molar-refractivity contribution in [3.05, 3.63) is 63.4 Å². The molecule has 0 aliphatic carbocycles. The van der Waals surface area contributed by atoms with Crippen LogP contribution in [0, 0.1) is 12.7 Å². The Morgan fingerprint density at radius 3 is 2.28 bits per heavy atom. The molecule has 0 radical (unpaired) electrons. The zero-order valence-corrected chi connectivity index (χ0v) is 24.0. The van der Waals surface area contributed by atoms with Crippen molar-refractivity contribution < 1.29 is 35.9 Å². The largest absolute Gasteiger partial charge is 0.468 e. The van der Waals surface area contributed by atoms with Crippen molar-refractivity contribution in [2.45, 2.75) is 58.0 Å². The molecule has 1 saturated heterocycles. The van der Waals surface area contributed by atoms with Crippen LogP contribution in [0.3, 0.4) is 0 Å². The van der Waals surface area contributed by atoms with E-state index in [-0.39, 0.29) is 22.8 Å². The van der Waals surface area contributed by atoms with Crippen molar-refractivity contribution in [2.24, 2.45) is 0 Å². The maximum Gasteiger partial charge on any atom is 0.293 e. The Bertz CT molecular complexity index is 1150. The molecule has 0 unspecified atom stereocenters. The zero-order chi connectivity index (χ0) is 29.4. The van der Waals surface area contributed by atoms with Crippen LogP contribution < -0.4 is 5.32 Å². The number of nitrogens with one attached hydrogen (secondary N) is 1. The summed E-state index contributed by atoms with van der Waals surface area (Å²) in [6, 6.07) is 7.41. The van der Waals surface area contributed by atoms with E-state index in [1.165, 1.54) is 30.7 Å². The number of halogens is 4. The molecule has 0 bridgehead atoms. The fourth-order valence-corrected chi connectivity index (χ4v) is 5.25. The first kappa shape index (κ1) is 34.4. The number of hydrogen-bond acceptors (Lipinski definition) is 6. The molecule has 1 fully saturated rings. The minimum atomic E-state index is -3.47. The molecule has 39 heavy (non-hydrogen) atoms. The Labute approximate surface area is 233 Å². The highest BCUT2D eigenvalue weighted by molar-refractivity contribution is 7.91. The second-order valence-electron chi connectivity index (χ2n) is 8.58. The summed E-state index contributed by atoms with van der Waals surface area (Å²) in [6.45, 7) is 6.72. The Balaban J connectivity index is 0.000000838. The van der Waals surface area contributed by atoms with Crippen LogP contribution in [0.4, 0.5) is 13.2 Å². The lowest BCUT2D eigenvalue weighted by atomic mass is 10.0. The van der Waals surface area contributed by atoms with Gasteiger partial charge in [-0.15, -0.1) is 0 Å². The van der Waals surface area contributed by atoms with Crippen molar-refractivity contribution >= 4 is 33.8 Å². The smallest absolute Gasteiger partial charge is 0.293 e. The van der Waals surface area contributed by atoms with Gasteiger partial charge in [-0.2, -0.15) is 0 Å². The van der Waals surface area contributed by atoms with Crippen molar-refractivity contribution in [1.82, 2.24) is 10.2 Å². The van der Waals surface area contributed by atoms with Crippen LogP contribution in [0.15, 0.2) is 35.2 Å². The summed E-state index contributed by atoms with van der Waals surface area (Å²) in [5.74, 6) is -0.919. The molecule has 1 N–H and O–H groups in total. The molecular weight excluding hydrogens is 557 g/mol. The molecule has 12 heteroatoms. The van der Waals surface area contributed by atoms with Gasteiger partial charge in [0.05, 0.1) is 17.3 Å². The molecule has 1 heterocycles. The fourth-order valence-electron chi connectivity index (χ4n) is 3.94. The molecule has 2 aromatic rings. The number of rotatable bonds is 9. The third-order valence-electron chi connectivity index (χ3n) is 5.92. The van der Waals surface area contributed by atoms with E-state index in [2.05, 4.69) is 15.0 Å². The van der Waals surface area contributed by atoms with Crippen LogP contribution in [0.2, 0.25) is 5.02 Å². The zero-order valence-electron chi connectivity index (χ0n) is 22.4. The van der Waals surface area contributed by atoms with Crippen LogP contribution in [0.1, 0.15) is 60.2 Å². The molecule has 1 amide bonds. The van der Waals surface area contributed by atoms with Gasteiger partial charge in [-0.3, -0.25) is 14.5 Å². The van der Waals surface area contributed by atoms with Crippen molar-refractivity contribution in [3.8, 4) is 0 Å². The second kappa shape index (κ2) is 17.9. The first-order valence-corrected chi connectivity index (χ1v) is 14.5. The van der Waals surface area contributed by atoms with Crippen molar-refractivity contribution in [3.63, 3.8) is 0 Å². The number of sulfone groups is 1. The number of carbonyl (C=O) groups excluding carboxylic acids is 2. The van der Waals surface area contributed by atoms with E-state index in [4.69, 9.17) is 11.6 Å². The number of hydrogen-bond donors (Lipinski definition) is 1. The Kier molecular flexibility index (Phi) is 15.8. The lowest BCUT2D eigenvalue weighted by molar-refractivity contribution is -0.128. The molecule has 1 aliphatic heterocycles. The SMILES string of the molecule is CCOC=O.CCS(=O)(=O)c1ccc(Cl)cc1CNC(=O)c1cc(C)c(CN2CCCCC2)c(F)c1.FCF. The summed E-state index contributed by atoms with van der Waals surface area (Å²) >= 11 is 6.02. The highest BCUT2D eigenvalue weighted by atomic mass is 35.5. The molecule has 3 rings (SSSR count). The molecule has 0 aromatic heterocycles. The molecule has 0 saturated carbocycles. The van der Waals surface area contributed by atoms with Crippen LogP contribution in [0.25, 0.3) is 0 Å². The highest BCUT2D eigenvalue weighted by Gasteiger charge is 2.19. The summed E-state index contributed by atoms with van der Waals surface area (Å²) in [5.41, 5.74) is 1.96. The number of likely N-dealkylation sites (tertiary alicyclic amines) is 1. The number of alkyl halides is 2. The number of ether oxygens (including phenoxy) is 1. The molecule has 2 aromatic carbocycles. The van der Waals surface area contributed by atoms with Gasteiger partial charge in [-0.1, -0.05) is 24.9 Å². The number of amides is 1. The maximum atomic E-state index is 14.8. The molecule has 0 atom stereocenters. The first-order chi connectivity index (χ1) is 18.5. The highest BCUT2D eigenvalue weighted by Crippen LogP contribution is 2.23. The quantitative estimate of drug-likeness (QED) is 0.383. The Morgan fingerprint density at radius 1 is 1.13 bits per heavy atom. The summed E-state index contributed by atoms with van der Waals surface area (Å²) < 4.78 is 62.9. The monoisotopic (exact) mass is 592 g/mol. The summed E-state index contributed by atoms with van der Waals surface area (Å²) in [7, 11) is -3.47. The third kappa shape index (κ3) is 11.6. The first-order valence-electron chi connectivity index (χ1n) is 12.5. The van der Waals surface area contributed by atoms with Crippen LogP contribution in [-0.2, 0) is 32.5 Å². The van der Waals surface area contributed by atoms with Crippen LogP contribution >= 0.6 is 11.6 Å². The second-order valence-corrected chi connectivity index (χ2v) is 11.3. The topological polar surface area (TPSA) is 92.8 Å². The van der Waals surface area contributed by atoms with E-state index in [0.717, 1.165) is 31.5 Å². The van der Waals surface area contributed by atoms with Crippen molar-refractivity contribution in [2.75, 3.05) is 32.4 Å². The molecule has 0 spiro atoms. The van der Waals surface area contributed by atoms with Gasteiger partial charge < -0.3 is 10.1 Å². The lowest BCUT2D eigenvalue weighted by Crippen LogP contribution is -2.30. The van der Waals surface area contributed by atoms with E-state index < -0.39 is 28.5 Å². The van der Waals surface area contributed by atoms with Gasteiger partial charge in [0.1, 0.15) is 5.82 Å². The van der Waals surface area contributed by atoms with Gasteiger partial charge in [0.15, 0.2) is 9.84 Å². The lowest BCUT2D eigenvalue weighted by Gasteiger charge is -2.27. The minimum absolute atomic E-state index is 0.0237. The van der Waals surface area contributed by atoms with Gasteiger partial charge in [0.2, 0.25) is 6.93 Å². The predicted octanol–water partition coefficient (Wildman–Crippen LogP) is 5.56. The average Bonchev–Trinajstić information content (AvgIpc) is 2.91. The number of aryl methyl sites for hydroxylation is 1. The normalized spacial score (nSPS) is 13.3. The van der Waals surface area contributed by atoms with Gasteiger partial charge in [0.25, 0.3) is 12.4 Å². The van der Waals surface area contributed by atoms with Gasteiger partial charge in [0, 0.05) is 29.2 Å². The van der Waals surface area contributed by atoms with E-state index in [1.807, 2.05) is 6.92 Å². The van der Waals surface area contributed by atoms with Crippen LogP contribution in [-0.4, -0.2) is 58.1 Å². The molecule has 1 aliphatic rings. The number of nitrogens with zero attached hydrogens (tertiary/aromatic N) is 1. The predicted molar refractivity (Wildman–Crippen MR) is 145 cm³/mol. The van der Waals surface area contributed by atoms with Crippen LogP contribution in [0.5, 0.6) is 0 Å². The van der Waals surface area contributed by atoms with Gasteiger partial charge in [-0.25, -0.2) is 21.6 Å². The number of piperidine rings is 1. The minimum Gasteiger partial charge on any atom is -0.468 e. The summed E-state index contributed by atoms with van der Waals surface area (Å²) in [6.07, 6.45) is 3.46. The number of benzene rings is 2. The average molecular weight is 593 g/mol. The summed E-state index contributed by atoms with van der Waals surface area (Å²) in [5, 5.41) is 3.07. The molecule has 7 nitrogen and oxygen atoms in total. The molecule has 218 valence electrons. The van der Waals surface area contributed by atoms with Gasteiger partial charge in [-0.05, 0) is 81.2 Å². The van der Waals surface area contributed by atoms with Gasteiger partial charge >= 0.3 is 0 Å². The van der Waals surface area contributed by atoms with E-state index in [1.54, 1.807) is 19.9 Å². The summed E-state index contributed by atoms with van der Waals surface area (Å²) in [4.78, 5) is 24.2. The maximum absolute atomic E-state index is 14.8. The standard InChI is InChI=1S/C23H28ClFN2O3S.C3H6O2.CH2F2/c1-3-31(29,30)22-8-7-19(24)12-18(22)14-26-23(28)17-11-16(2)20(21(25)13-17)15-27-9-5-4-6-10-27;1-2-5-3-4;2-1-3/h7-8,11-13H,3-6,9-10,14-15H2,1-2H3,(H,26,28);3H,2H2,1H3;1H2. The Hall–Kier alpha value is -2.63.